The number of amides is 3. The fourth-order valence-corrected chi connectivity index (χ4v) is 3.95. The van der Waals surface area contributed by atoms with E-state index in [2.05, 4.69) is 26.0 Å². The maximum atomic E-state index is 12.9. The van der Waals surface area contributed by atoms with Gasteiger partial charge in [-0.25, -0.2) is 9.59 Å². The van der Waals surface area contributed by atoms with E-state index in [1.54, 1.807) is 6.92 Å². The molecular formula is C26H22BrN3O9. The third kappa shape index (κ3) is 6.26. The van der Waals surface area contributed by atoms with Crippen LogP contribution in [0.3, 0.4) is 0 Å². The Kier molecular flexibility index (Phi) is 8.30. The van der Waals surface area contributed by atoms with Crippen molar-refractivity contribution in [2.75, 3.05) is 13.7 Å². The van der Waals surface area contributed by atoms with Gasteiger partial charge in [0.25, 0.3) is 5.91 Å². The Bertz CT molecular complexity index is 1460. The molecule has 12 nitrogen and oxygen atoms in total. The van der Waals surface area contributed by atoms with Crippen molar-refractivity contribution in [2.24, 2.45) is 0 Å². The Hall–Kier alpha value is -4.65. The molecule has 0 unspecified atom stereocenters. The number of carbonyl (C=O) groups is 3. The number of hydrogen-bond donors (Lipinski definition) is 1. The van der Waals surface area contributed by atoms with Gasteiger partial charge in [-0.15, -0.1) is 0 Å². The molecule has 0 radical (unpaired) electrons. The van der Waals surface area contributed by atoms with Gasteiger partial charge < -0.3 is 23.9 Å². The first-order valence-corrected chi connectivity index (χ1v) is 12.3. The molecule has 3 amide bonds. The average molecular weight is 600 g/mol. The molecule has 1 aliphatic rings. The Labute approximate surface area is 230 Å². The van der Waals surface area contributed by atoms with E-state index in [-0.39, 0.29) is 59.7 Å². The van der Waals surface area contributed by atoms with Gasteiger partial charge in [0.05, 0.1) is 25.2 Å². The Balaban J connectivity index is 1.59. The number of carbonyl (C=O) groups excluding carboxylic acids is 3. The van der Waals surface area contributed by atoms with E-state index >= 15 is 0 Å². The number of nitro groups is 1. The number of methoxy groups -OCH3 is 1. The zero-order chi connectivity index (χ0) is 28.1. The van der Waals surface area contributed by atoms with Crippen LogP contribution in [0.2, 0.25) is 0 Å². The summed E-state index contributed by atoms with van der Waals surface area (Å²) >= 11 is 3.35. The second-order valence-corrected chi connectivity index (χ2v) is 9.03. The van der Waals surface area contributed by atoms with Gasteiger partial charge in [0.15, 0.2) is 5.75 Å². The minimum Gasteiger partial charge on any atom is -0.490 e. The Morgan fingerprint density at radius 2 is 1.90 bits per heavy atom. The molecule has 4 rings (SSSR count). The van der Waals surface area contributed by atoms with Gasteiger partial charge in [0.2, 0.25) is 11.5 Å². The smallest absolute Gasteiger partial charge is 0.373 e. The van der Waals surface area contributed by atoms with Gasteiger partial charge in [-0.2, -0.15) is 0 Å². The fourth-order valence-electron chi connectivity index (χ4n) is 3.68. The summed E-state index contributed by atoms with van der Waals surface area (Å²) in [5, 5.41) is 14.4. The van der Waals surface area contributed by atoms with Gasteiger partial charge in [-0.05, 0) is 54.5 Å². The van der Waals surface area contributed by atoms with Crippen LogP contribution >= 0.6 is 15.9 Å². The van der Waals surface area contributed by atoms with Gasteiger partial charge in [0.1, 0.15) is 18.1 Å². The van der Waals surface area contributed by atoms with Crippen LogP contribution in [0.4, 0.5) is 10.5 Å². The molecule has 3 aromatic rings. The second-order valence-electron chi connectivity index (χ2n) is 8.11. The molecule has 0 aliphatic carbocycles. The third-order valence-corrected chi connectivity index (χ3v) is 6.01. The standard InChI is InChI=1S/C26H22BrN3O9/c1-3-37-22-12-16(11-20(30(34)35)23(22)38-14-15-4-6-17(27)7-5-15)10-19-24(31)29(26(33)28-19)13-18-8-9-21(39-18)25(32)36-2/h4-12H,3,13-14H2,1-2H3,(H,28,33)/b19-10-. The van der Waals surface area contributed by atoms with Crippen LogP contribution in [-0.4, -0.2) is 41.4 Å². The minimum absolute atomic E-state index is 0.0581. The monoisotopic (exact) mass is 599 g/mol. The predicted molar refractivity (Wildman–Crippen MR) is 140 cm³/mol. The van der Waals surface area contributed by atoms with Crippen LogP contribution in [-0.2, 0) is 22.7 Å². The fraction of sp³-hybridized carbons (Fsp3) is 0.192. The molecule has 1 fully saturated rings. The number of furan rings is 1. The average Bonchev–Trinajstić information content (AvgIpc) is 3.49. The maximum Gasteiger partial charge on any atom is 0.373 e. The molecule has 1 saturated heterocycles. The quantitative estimate of drug-likeness (QED) is 0.114. The van der Waals surface area contributed by atoms with Crippen molar-refractivity contribution in [3.63, 3.8) is 0 Å². The van der Waals surface area contributed by atoms with Crippen LogP contribution in [0.1, 0.15) is 34.4 Å². The number of halogens is 1. The van der Waals surface area contributed by atoms with Crippen molar-refractivity contribution in [1.82, 2.24) is 10.2 Å². The Morgan fingerprint density at radius 1 is 1.15 bits per heavy atom. The third-order valence-electron chi connectivity index (χ3n) is 5.49. The summed E-state index contributed by atoms with van der Waals surface area (Å²) in [6.45, 7) is 1.73. The molecule has 13 heteroatoms. The summed E-state index contributed by atoms with van der Waals surface area (Å²) in [5.74, 6) is -1.23. The molecule has 2 aromatic carbocycles. The van der Waals surface area contributed by atoms with Gasteiger partial charge in [-0.3, -0.25) is 19.8 Å². The molecule has 0 atom stereocenters. The minimum atomic E-state index is -0.726. The van der Waals surface area contributed by atoms with Crippen molar-refractivity contribution in [3.05, 3.63) is 91.5 Å². The number of nitro benzene ring substituents is 1. The molecule has 39 heavy (non-hydrogen) atoms. The van der Waals surface area contributed by atoms with Crippen molar-refractivity contribution in [1.29, 1.82) is 0 Å². The molecule has 1 aliphatic heterocycles. The van der Waals surface area contributed by atoms with Crippen molar-refractivity contribution >= 4 is 45.6 Å². The van der Waals surface area contributed by atoms with E-state index in [1.165, 1.54) is 37.5 Å². The first-order valence-electron chi connectivity index (χ1n) is 11.5. The van der Waals surface area contributed by atoms with E-state index in [0.29, 0.717) is 0 Å². The van der Waals surface area contributed by atoms with Crippen LogP contribution in [0.5, 0.6) is 11.5 Å². The summed E-state index contributed by atoms with van der Waals surface area (Å²) in [6, 6.07) is 12.1. The van der Waals surface area contributed by atoms with Crippen LogP contribution in [0.25, 0.3) is 6.08 Å². The van der Waals surface area contributed by atoms with Crippen molar-refractivity contribution < 1.29 is 37.9 Å². The van der Waals surface area contributed by atoms with E-state index < -0.39 is 22.8 Å². The molecule has 0 spiro atoms. The SMILES string of the molecule is CCOc1cc(/C=C2\NC(=O)N(Cc3ccc(C(=O)OC)o3)C2=O)cc([N+](=O)[O-])c1OCc1ccc(Br)cc1. The zero-order valence-corrected chi connectivity index (χ0v) is 22.4. The van der Waals surface area contributed by atoms with Crippen LogP contribution < -0.4 is 14.8 Å². The summed E-state index contributed by atoms with van der Waals surface area (Å²) in [4.78, 5) is 49.2. The van der Waals surface area contributed by atoms with E-state index in [0.717, 1.165) is 14.9 Å². The molecule has 1 aromatic heterocycles. The topological polar surface area (TPSA) is 150 Å². The highest BCUT2D eigenvalue weighted by Crippen LogP contribution is 2.40. The van der Waals surface area contributed by atoms with E-state index in [4.69, 9.17) is 13.9 Å². The number of hydrogen-bond acceptors (Lipinski definition) is 9. The molecule has 0 bridgehead atoms. The largest absolute Gasteiger partial charge is 0.490 e. The molecular weight excluding hydrogens is 578 g/mol. The lowest BCUT2D eigenvalue weighted by Crippen LogP contribution is -2.30. The molecule has 202 valence electrons. The number of esters is 1. The lowest BCUT2D eigenvalue weighted by molar-refractivity contribution is -0.386. The summed E-state index contributed by atoms with van der Waals surface area (Å²) < 4.78 is 22.2. The molecule has 1 N–H and O–H groups in total. The number of nitrogens with one attached hydrogen (secondary N) is 1. The predicted octanol–water partition coefficient (Wildman–Crippen LogP) is 4.81. The number of rotatable bonds is 10. The first-order chi connectivity index (χ1) is 18.7. The highest BCUT2D eigenvalue weighted by Gasteiger charge is 2.35. The highest BCUT2D eigenvalue weighted by atomic mass is 79.9. The number of ether oxygens (including phenoxy) is 3. The van der Waals surface area contributed by atoms with Crippen LogP contribution in [0, 0.1) is 10.1 Å². The highest BCUT2D eigenvalue weighted by molar-refractivity contribution is 9.10. The summed E-state index contributed by atoms with van der Waals surface area (Å²) in [5.41, 5.74) is 0.540. The molecule has 0 saturated carbocycles. The maximum absolute atomic E-state index is 12.9. The number of benzene rings is 2. The van der Waals surface area contributed by atoms with Crippen molar-refractivity contribution in [2.45, 2.75) is 20.1 Å². The van der Waals surface area contributed by atoms with E-state index in [9.17, 15) is 24.5 Å². The van der Waals surface area contributed by atoms with Crippen LogP contribution in [0.15, 0.2) is 63.1 Å². The zero-order valence-electron chi connectivity index (χ0n) is 20.8. The number of nitrogens with zero attached hydrogens (tertiary/aromatic N) is 2. The normalized spacial score (nSPS) is 13.9. The lowest BCUT2D eigenvalue weighted by Gasteiger charge is -2.13. The van der Waals surface area contributed by atoms with E-state index in [1.807, 2.05) is 24.3 Å². The van der Waals surface area contributed by atoms with Crippen molar-refractivity contribution in [3.8, 4) is 11.5 Å². The first kappa shape index (κ1) is 27.4. The van der Waals surface area contributed by atoms with Gasteiger partial charge >= 0.3 is 17.7 Å². The number of urea groups is 1. The van der Waals surface area contributed by atoms with Gasteiger partial charge in [0, 0.05) is 10.5 Å². The second kappa shape index (κ2) is 11.8. The molecule has 2 heterocycles. The summed E-state index contributed by atoms with van der Waals surface area (Å²) in [7, 11) is 1.20. The Morgan fingerprint density at radius 3 is 2.56 bits per heavy atom. The van der Waals surface area contributed by atoms with Gasteiger partial charge in [-0.1, -0.05) is 28.1 Å². The number of imide groups is 1. The lowest BCUT2D eigenvalue weighted by atomic mass is 10.1. The summed E-state index contributed by atoms with van der Waals surface area (Å²) in [6.07, 6.45) is 1.30.